The lowest BCUT2D eigenvalue weighted by molar-refractivity contribution is 0.101. The highest BCUT2D eigenvalue weighted by Gasteiger charge is 2.29. The molecule has 4 aliphatic rings. The molecule has 3 fully saturated rings. The Morgan fingerprint density at radius 1 is 0.608 bits per heavy atom. The number of hydrogen-bond acceptors (Lipinski definition) is 17. The fourth-order valence-electron chi connectivity index (χ4n) is 8.17. The van der Waals surface area contributed by atoms with Gasteiger partial charge in [-0.05, 0) is 129 Å². The summed E-state index contributed by atoms with van der Waals surface area (Å²) in [6.45, 7) is 0.271. The van der Waals surface area contributed by atoms with Gasteiger partial charge in [-0.1, -0.05) is 29.6 Å². The standard InChI is InChI=1S/C17H17N7O.C10H10ClFN4.C7H7N3.C6H2Cl2FN3.C6H3Cl2N3.C4H9N/c25-13-8-18-15-14(13)16(20-10-2-1-3-10)23-17(22-15)21-11-5-4-9-7-19-24-12(9)6-11;11-10-15-8-7(6(12)4-13-8)9(16-10)14-5-2-1-3-5;8-6-2-1-5-4-9-10-7(5)3-6;7-4-3-2(9)1-10-5(3)12-6(8)11-4;7-4-3-1-2-9-5(3)11-6(8)10-4;5-4-2-1-3-4/h4-7,10H,1-3,8H2,(H,19,24)(H3,18,20,21,22,23);4-5H,1-3H2,(H2,13,14,15,16);1-4H,8H2,(H,9,10);1H,(H,10,11,12);1-2H,(H,9,10,11);4H,1-3,5H2. The van der Waals surface area contributed by atoms with Gasteiger partial charge in [0, 0.05) is 58.9 Å². The summed E-state index contributed by atoms with van der Waals surface area (Å²) in [6.07, 6.45) is 18.4. The number of nitrogens with two attached hydrogens (primary N) is 2. The second kappa shape index (κ2) is 24.5. The van der Waals surface area contributed by atoms with Crippen LogP contribution in [0.2, 0.25) is 26.2 Å². The van der Waals surface area contributed by atoms with Crippen molar-refractivity contribution in [1.29, 1.82) is 0 Å². The quantitative estimate of drug-likeness (QED) is 0.0419. The zero-order valence-electron chi connectivity index (χ0n) is 41.4. The summed E-state index contributed by atoms with van der Waals surface area (Å²) in [4.78, 5) is 52.3. The number of anilines is 6. The van der Waals surface area contributed by atoms with Crippen LogP contribution in [0.3, 0.4) is 0 Å². The lowest BCUT2D eigenvalue weighted by Gasteiger charge is -2.27. The van der Waals surface area contributed by atoms with E-state index in [0.717, 1.165) is 70.4 Å². The summed E-state index contributed by atoms with van der Waals surface area (Å²) in [6, 6.07) is 14.7. The first-order valence-electron chi connectivity index (χ1n) is 24.8. The number of Topliss-reactive ketones (excluding diaryl/α,β-unsaturated/α-hetero) is 1. The second-order valence-corrected chi connectivity index (χ2v) is 20.2. The molecule has 22 nitrogen and oxygen atoms in total. The molecule has 0 radical (unpaired) electrons. The van der Waals surface area contributed by atoms with E-state index >= 15 is 0 Å². The molecule has 0 unspecified atom stereocenters. The third-order valence-electron chi connectivity index (χ3n) is 13.0. The van der Waals surface area contributed by atoms with Gasteiger partial charge in [0.25, 0.3) is 0 Å². The van der Waals surface area contributed by atoms with Crippen molar-refractivity contribution in [2.45, 2.75) is 75.9 Å². The molecule has 11 aromatic rings. The second-order valence-electron chi connectivity index (χ2n) is 18.5. The predicted octanol–water partition coefficient (Wildman–Crippen LogP) is 11.7. The van der Waals surface area contributed by atoms with Gasteiger partial charge in [-0.15, -0.1) is 0 Å². The highest BCUT2D eigenvalue weighted by atomic mass is 35.5. The van der Waals surface area contributed by atoms with Crippen LogP contribution in [0.15, 0.2) is 73.4 Å². The van der Waals surface area contributed by atoms with Gasteiger partial charge in [0.05, 0.1) is 46.1 Å². The number of rotatable bonds is 6. The molecule has 0 bridgehead atoms. The molecule has 1 aliphatic heterocycles. The van der Waals surface area contributed by atoms with E-state index in [-0.39, 0.29) is 44.5 Å². The van der Waals surface area contributed by atoms with Crippen LogP contribution >= 0.6 is 58.0 Å². The van der Waals surface area contributed by atoms with Gasteiger partial charge in [0.15, 0.2) is 17.4 Å². The summed E-state index contributed by atoms with van der Waals surface area (Å²) in [5.41, 5.74) is 16.4. The van der Waals surface area contributed by atoms with Crippen molar-refractivity contribution < 1.29 is 13.6 Å². The number of H-pyrrole nitrogens is 5. The van der Waals surface area contributed by atoms with Crippen LogP contribution in [0.5, 0.6) is 0 Å². The highest BCUT2D eigenvalue weighted by Crippen LogP contribution is 2.33. The molecule has 0 amide bonds. The molecule has 29 heteroatoms. The first kappa shape index (κ1) is 54.6. The Bertz CT molecular complexity index is 3930. The average molecular weight is 1170 g/mol. The highest BCUT2D eigenvalue weighted by molar-refractivity contribution is 6.36. The lowest BCUT2D eigenvalue weighted by Crippen LogP contribution is -2.28. The number of halogens is 7. The first-order valence-corrected chi connectivity index (χ1v) is 26.7. The molecule has 2 aromatic carbocycles. The zero-order valence-corrected chi connectivity index (χ0v) is 45.2. The number of hydrogen-bond donors (Lipinski definition) is 11. The fraction of sp³-hybridized carbons (Fsp3) is 0.260. The molecular weight excluding hydrogens is 1130 g/mol. The molecule has 3 saturated carbocycles. The van der Waals surface area contributed by atoms with E-state index in [1.165, 1.54) is 38.3 Å². The molecule has 15 rings (SSSR count). The summed E-state index contributed by atoms with van der Waals surface area (Å²) in [7, 11) is 0. The van der Waals surface area contributed by atoms with E-state index in [9.17, 15) is 13.6 Å². The number of nitrogens with zero attached hydrogens (tertiary/aromatic N) is 10. The Hall–Kier alpha value is -7.74. The molecule has 0 atom stereocenters. The number of aromatic nitrogens is 15. The van der Waals surface area contributed by atoms with Gasteiger partial charge < -0.3 is 47.7 Å². The maximum Gasteiger partial charge on any atom is 0.231 e. The predicted molar refractivity (Wildman–Crippen MR) is 306 cm³/mol. The van der Waals surface area contributed by atoms with Crippen LogP contribution in [0.1, 0.15) is 68.1 Å². The van der Waals surface area contributed by atoms with E-state index in [4.69, 9.17) is 69.5 Å². The van der Waals surface area contributed by atoms with Gasteiger partial charge in [-0.3, -0.25) is 15.0 Å². The van der Waals surface area contributed by atoms with E-state index in [1.807, 2.05) is 36.4 Å². The SMILES string of the molecule is Clc1nc(Cl)c2cc[nH]c2n1.Fc1c[nH]c2nc(Cl)nc(Cl)c12.Fc1c[nH]c2nc(Cl)nc(NC3CCC3)c12.NC1CCC1.Nc1ccc2cn[nH]c2c1.O=C1CNc2nc(Nc3ccc4cn[nH]c4c3)nc(NC3CCC3)c21. The first-order chi connectivity index (χ1) is 38.2. The topological polar surface area (TPSA) is 325 Å². The molecule has 0 spiro atoms. The molecule has 3 aliphatic carbocycles. The number of carbonyl (C=O) groups excluding carboxylic acids is 1. The van der Waals surface area contributed by atoms with Crippen molar-refractivity contribution in [3.63, 3.8) is 0 Å². The Kier molecular flexibility index (Phi) is 16.9. The molecule has 9 aromatic heterocycles. The number of nitrogen functional groups attached to an aromatic ring is 1. The molecule has 408 valence electrons. The van der Waals surface area contributed by atoms with E-state index in [1.54, 1.807) is 24.7 Å². The Labute approximate surface area is 471 Å². The van der Waals surface area contributed by atoms with E-state index in [2.05, 4.69) is 96.5 Å². The van der Waals surface area contributed by atoms with E-state index < -0.39 is 5.82 Å². The summed E-state index contributed by atoms with van der Waals surface area (Å²) < 4.78 is 26.4. The van der Waals surface area contributed by atoms with Crippen LogP contribution in [-0.2, 0) is 0 Å². The number of ketones is 1. The van der Waals surface area contributed by atoms with Crippen molar-refractivity contribution >= 4 is 153 Å². The van der Waals surface area contributed by atoms with Crippen LogP contribution in [0.4, 0.5) is 43.6 Å². The number of fused-ring (bicyclic) bond motifs is 6. The molecule has 79 heavy (non-hydrogen) atoms. The summed E-state index contributed by atoms with van der Waals surface area (Å²) in [5, 5.41) is 30.7. The van der Waals surface area contributed by atoms with Crippen LogP contribution in [-0.4, -0.2) is 106 Å². The Balaban J connectivity index is 0.000000114. The van der Waals surface area contributed by atoms with Crippen molar-refractivity contribution in [2.75, 3.05) is 33.5 Å². The molecular formula is C50H48Cl5F2N21O. The molecule has 10 heterocycles. The Morgan fingerprint density at radius 3 is 1.81 bits per heavy atom. The third kappa shape index (κ3) is 13.2. The normalized spacial score (nSPS) is 14.6. The van der Waals surface area contributed by atoms with Gasteiger partial charge >= 0.3 is 0 Å². The summed E-state index contributed by atoms with van der Waals surface area (Å²) >= 11 is 28.2. The lowest BCUT2D eigenvalue weighted by atomic mass is 9.93. The molecule has 13 N–H and O–H groups in total. The van der Waals surface area contributed by atoms with Crippen molar-refractivity contribution in [3.8, 4) is 0 Å². The maximum atomic E-state index is 13.5. The van der Waals surface area contributed by atoms with Crippen LogP contribution in [0, 0.1) is 11.6 Å². The van der Waals surface area contributed by atoms with Gasteiger partial charge in [0.2, 0.25) is 21.8 Å². The smallest absolute Gasteiger partial charge is 0.231 e. The monoisotopic (exact) mass is 1170 g/mol. The van der Waals surface area contributed by atoms with Crippen molar-refractivity contribution in [2.24, 2.45) is 5.73 Å². The van der Waals surface area contributed by atoms with Gasteiger partial charge in [-0.2, -0.15) is 40.1 Å². The summed E-state index contributed by atoms with van der Waals surface area (Å²) in [5.74, 6) is 1.35. The fourth-order valence-corrected chi connectivity index (χ4v) is 9.26. The number of nitrogens with one attached hydrogen (secondary N) is 9. The minimum atomic E-state index is -0.480. The average Bonchev–Trinajstić information content (AvgIpc) is 4.34. The minimum absolute atomic E-state index is 0.00523. The van der Waals surface area contributed by atoms with Crippen LogP contribution in [0.25, 0.3) is 54.9 Å². The van der Waals surface area contributed by atoms with Gasteiger partial charge in [0.1, 0.15) is 50.3 Å². The van der Waals surface area contributed by atoms with Crippen molar-refractivity contribution in [1.82, 2.24) is 75.2 Å². The molecule has 0 saturated heterocycles. The third-order valence-corrected chi connectivity index (χ3v) is 14.1. The van der Waals surface area contributed by atoms with Gasteiger partial charge in [-0.25, -0.2) is 18.7 Å². The Morgan fingerprint density at radius 2 is 1.18 bits per heavy atom. The number of aromatic amines is 5. The largest absolute Gasteiger partial charge is 0.399 e. The van der Waals surface area contributed by atoms with E-state index in [0.29, 0.717) is 74.6 Å². The number of benzene rings is 2. The van der Waals surface area contributed by atoms with Crippen molar-refractivity contribution in [3.05, 3.63) is 117 Å². The zero-order chi connectivity index (χ0) is 55.2. The maximum absolute atomic E-state index is 13.5. The minimum Gasteiger partial charge on any atom is -0.399 e. The van der Waals surface area contributed by atoms with Crippen LogP contribution < -0.4 is 32.7 Å². The number of carbonyl (C=O) groups is 1.